The Hall–Kier alpha value is -3.20. The molecule has 1 unspecified atom stereocenters. The highest BCUT2D eigenvalue weighted by atomic mass is 32.2. The number of hydrogen-bond acceptors (Lipinski definition) is 10. The van der Waals surface area contributed by atoms with Crippen molar-refractivity contribution in [1.29, 1.82) is 0 Å². The summed E-state index contributed by atoms with van der Waals surface area (Å²) >= 11 is 0.905. The molecular formula is C25H28F2N6O4S2. The van der Waals surface area contributed by atoms with Crippen LogP contribution in [0, 0.1) is 11.6 Å². The Kier molecular flexibility index (Phi) is 7.80. The number of likely N-dealkylation sites (tertiary alicyclic amines) is 1. The van der Waals surface area contributed by atoms with Crippen LogP contribution in [0.2, 0.25) is 0 Å². The van der Waals surface area contributed by atoms with E-state index in [2.05, 4.69) is 20.2 Å². The van der Waals surface area contributed by atoms with Crippen molar-refractivity contribution in [2.45, 2.75) is 36.3 Å². The van der Waals surface area contributed by atoms with E-state index >= 15 is 0 Å². The van der Waals surface area contributed by atoms with Crippen LogP contribution in [0.1, 0.15) is 34.5 Å². The number of anilines is 2. The van der Waals surface area contributed by atoms with E-state index in [0.29, 0.717) is 23.9 Å². The smallest absolute Gasteiger partial charge is 0.244 e. The molecule has 2 saturated heterocycles. The van der Waals surface area contributed by atoms with Gasteiger partial charge >= 0.3 is 0 Å². The first-order valence-corrected chi connectivity index (χ1v) is 14.7. The number of carbonyl (C=O) groups excluding carboxylic acids is 1. The molecule has 2 aliphatic heterocycles. The average Bonchev–Trinajstić information content (AvgIpc) is 3.48. The average molecular weight is 579 g/mol. The highest BCUT2D eigenvalue weighted by Crippen LogP contribution is 2.31. The minimum atomic E-state index is -3.73. The van der Waals surface area contributed by atoms with E-state index in [1.54, 1.807) is 6.07 Å². The number of carbonyl (C=O) groups is 1. The van der Waals surface area contributed by atoms with Gasteiger partial charge in [-0.2, -0.15) is 4.31 Å². The number of nitrogens with one attached hydrogen (secondary N) is 1. The number of ketones is 1. The molecule has 1 atom stereocenters. The normalized spacial score (nSPS) is 19.3. The van der Waals surface area contributed by atoms with Crippen molar-refractivity contribution in [3.63, 3.8) is 0 Å². The first kappa shape index (κ1) is 27.4. The topological polar surface area (TPSA) is 131 Å². The van der Waals surface area contributed by atoms with Gasteiger partial charge in [0.25, 0.3) is 0 Å². The molecule has 1 aromatic carbocycles. The van der Waals surface area contributed by atoms with Gasteiger partial charge in [0.1, 0.15) is 33.3 Å². The number of pyridine rings is 1. The van der Waals surface area contributed by atoms with Gasteiger partial charge in [0.05, 0.1) is 11.8 Å². The van der Waals surface area contributed by atoms with E-state index in [1.807, 2.05) is 7.05 Å². The number of nitrogen functional groups attached to an aromatic ring is 1. The molecule has 5 rings (SSSR count). The second kappa shape index (κ2) is 11.1. The second-order valence-corrected chi connectivity index (χ2v) is 12.5. The van der Waals surface area contributed by atoms with Crippen molar-refractivity contribution in [1.82, 2.24) is 19.2 Å². The van der Waals surface area contributed by atoms with Crippen LogP contribution in [0.15, 0.2) is 41.4 Å². The summed E-state index contributed by atoms with van der Waals surface area (Å²) in [5.74, 6) is -2.56. The summed E-state index contributed by atoms with van der Waals surface area (Å²) in [6, 6.07) is 6.14. The molecule has 2 aromatic heterocycles. The molecule has 14 heteroatoms. The lowest BCUT2D eigenvalue weighted by Crippen LogP contribution is -2.42. The number of benzene rings is 1. The number of aromatic nitrogens is 2. The number of sulfonamides is 1. The minimum absolute atomic E-state index is 0.0412. The maximum Gasteiger partial charge on any atom is 0.244 e. The predicted molar refractivity (Wildman–Crippen MR) is 142 cm³/mol. The molecule has 10 nitrogen and oxygen atoms in total. The molecule has 0 spiro atoms. The Balaban J connectivity index is 1.18. The molecule has 3 N–H and O–H groups in total. The van der Waals surface area contributed by atoms with Gasteiger partial charge < -0.3 is 20.7 Å². The van der Waals surface area contributed by atoms with Crippen molar-refractivity contribution in [3.05, 3.63) is 58.6 Å². The number of rotatable bonds is 8. The van der Waals surface area contributed by atoms with Crippen LogP contribution in [0.4, 0.5) is 19.7 Å². The van der Waals surface area contributed by atoms with E-state index in [4.69, 9.17) is 10.5 Å². The fourth-order valence-electron chi connectivity index (χ4n) is 4.70. The van der Waals surface area contributed by atoms with Gasteiger partial charge in [0, 0.05) is 38.3 Å². The lowest BCUT2D eigenvalue weighted by atomic mass is 10.1. The molecule has 2 fully saturated rings. The quantitative estimate of drug-likeness (QED) is 0.388. The summed E-state index contributed by atoms with van der Waals surface area (Å²) in [6.45, 7) is 2.28. The zero-order valence-corrected chi connectivity index (χ0v) is 22.8. The third-order valence-corrected chi connectivity index (χ3v) is 9.70. The SMILES string of the molecule is CN1CCC(Oc2ccc(S(=O)(=O)N3CCC(Nc4nc(N)c(C(=O)c5c(F)cccc5F)s4)CC3)cn2)C1. The number of halogens is 2. The Labute approximate surface area is 228 Å². The van der Waals surface area contributed by atoms with Crippen LogP contribution in [0.25, 0.3) is 0 Å². The van der Waals surface area contributed by atoms with Crippen molar-refractivity contribution >= 4 is 38.1 Å². The molecule has 4 heterocycles. The number of nitrogens with zero attached hydrogens (tertiary/aromatic N) is 4. The number of nitrogens with two attached hydrogens (primary N) is 1. The second-order valence-electron chi connectivity index (χ2n) is 9.60. The molecule has 208 valence electrons. The molecule has 0 amide bonds. The third kappa shape index (κ3) is 5.88. The summed E-state index contributed by atoms with van der Waals surface area (Å²) in [6.07, 6.45) is 3.22. The maximum absolute atomic E-state index is 14.1. The van der Waals surface area contributed by atoms with Gasteiger partial charge in [-0.05, 0) is 44.5 Å². The van der Waals surface area contributed by atoms with Crippen LogP contribution in [-0.4, -0.2) is 78.7 Å². The van der Waals surface area contributed by atoms with Crippen molar-refractivity contribution in [2.75, 3.05) is 44.3 Å². The van der Waals surface area contributed by atoms with Crippen LogP contribution in [0.5, 0.6) is 5.88 Å². The molecule has 0 bridgehead atoms. The van der Waals surface area contributed by atoms with Crippen LogP contribution in [-0.2, 0) is 10.0 Å². The Morgan fingerprint density at radius 2 is 1.85 bits per heavy atom. The Morgan fingerprint density at radius 3 is 2.46 bits per heavy atom. The number of ether oxygens (including phenoxy) is 1. The number of thiazole rings is 1. The molecule has 0 aliphatic carbocycles. The zero-order chi connectivity index (χ0) is 27.7. The third-order valence-electron chi connectivity index (χ3n) is 6.81. The van der Waals surface area contributed by atoms with E-state index in [1.165, 1.54) is 22.6 Å². The van der Waals surface area contributed by atoms with E-state index in [0.717, 1.165) is 43.0 Å². The maximum atomic E-state index is 14.1. The predicted octanol–water partition coefficient (Wildman–Crippen LogP) is 2.98. The summed E-state index contributed by atoms with van der Waals surface area (Å²) < 4.78 is 61.7. The largest absolute Gasteiger partial charge is 0.473 e. The highest BCUT2D eigenvalue weighted by Gasteiger charge is 2.31. The van der Waals surface area contributed by atoms with Crippen molar-refractivity contribution in [2.24, 2.45) is 0 Å². The first-order valence-electron chi connectivity index (χ1n) is 12.4. The monoisotopic (exact) mass is 578 g/mol. The highest BCUT2D eigenvalue weighted by molar-refractivity contribution is 7.89. The van der Waals surface area contributed by atoms with Crippen molar-refractivity contribution in [3.8, 4) is 5.88 Å². The van der Waals surface area contributed by atoms with Crippen molar-refractivity contribution < 1.29 is 26.7 Å². The fraction of sp³-hybridized carbons (Fsp3) is 0.400. The lowest BCUT2D eigenvalue weighted by molar-refractivity contribution is 0.103. The molecule has 0 saturated carbocycles. The summed E-state index contributed by atoms with van der Waals surface area (Å²) in [5.41, 5.74) is 5.20. The van der Waals surface area contributed by atoms with Crippen LogP contribution in [0.3, 0.4) is 0 Å². The zero-order valence-electron chi connectivity index (χ0n) is 21.1. The van der Waals surface area contributed by atoms with Crippen LogP contribution < -0.4 is 15.8 Å². The fourth-order valence-corrected chi connectivity index (χ4v) is 7.02. The van der Waals surface area contributed by atoms with Gasteiger partial charge in [0.2, 0.25) is 21.7 Å². The van der Waals surface area contributed by atoms with E-state index in [9.17, 15) is 22.0 Å². The number of piperidine rings is 1. The van der Waals surface area contributed by atoms with Gasteiger partial charge in [0.15, 0.2) is 5.13 Å². The van der Waals surface area contributed by atoms with Gasteiger partial charge in [-0.1, -0.05) is 17.4 Å². The molecule has 39 heavy (non-hydrogen) atoms. The lowest BCUT2D eigenvalue weighted by Gasteiger charge is -2.31. The van der Waals surface area contributed by atoms with E-state index < -0.39 is 33.0 Å². The Morgan fingerprint density at radius 1 is 1.13 bits per heavy atom. The van der Waals surface area contributed by atoms with Crippen LogP contribution >= 0.6 is 11.3 Å². The van der Waals surface area contributed by atoms with Gasteiger partial charge in [-0.3, -0.25) is 4.79 Å². The number of hydrogen-bond donors (Lipinski definition) is 2. The molecular weight excluding hydrogens is 550 g/mol. The molecule has 0 radical (unpaired) electrons. The standard InChI is InChI=1S/C25H28F2N6O4S2/c1-32-10-9-16(14-32)37-20-6-5-17(13-29-20)39(35,36)33-11-7-15(8-12-33)30-25-31-24(28)23(38-25)22(34)21-18(26)3-2-4-19(21)27/h2-6,13,15-16H,7-12,14,28H2,1H3,(H,30,31). The first-order chi connectivity index (χ1) is 18.6. The van der Waals surface area contributed by atoms with Gasteiger partial charge in [-0.15, -0.1) is 0 Å². The summed E-state index contributed by atoms with van der Waals surface area (Å²) in [7, 11) is -1.71. The summed E-state index contributed by atoms with van der Waals surface area (Å²) in [5, 5.41) is 3.49. The molecule has 2 aliphatic rings. The van der Waals surface area contributed by atoms with Gasteiger partial charge in [-0.25, -0.2) is 27.2 Å². The Bertz CT molecular complexity index is 1440. The van der Waals surface area contributed by atoms with E-state index in [-0.39, 0.29) is 40.8 Å². The number of likely N-dealkylation sites (N-methyl/N-ethyl adjacent to an activating group) is 1. The minimum Gasteiger partial charge on any atom is -0.473 e. The molecule has 3 aromatic rings. The summed E-state index contributed by atoms with van der Waals surface area (Å²) in [4.78, 5) is 23.3.